The van der Waals surface area contributed by atoms with Crippen molar-refractivity contribution in [2.24, 2.45) is 0 Å². The molecule has 1 unspecified atom stereocenters. The second-order valence-corrected chi connectivity index (χ2v) is 9.21. The first-order valence-corrected chi connectivity index (χ1v) is 12.0. The number of aromatic nitrogens is 3. The van der Waals surface area contributed by atoms with Gasteiger partial charge in [-0.25, -0.2) is 13.9 Å². The average Bonchev–Trinajstić information content (AvgIpc) is 3.18. The Kier molecular flexibility index (Phi) is 8.01. The third-order valence-corrected chi connectivity index (χ3v) is 6.25. The first-order valence-electron chi connectivity index (χ1n) is 11.6. The van der Waals surface area contributed by atoms with Crippen LogP contribution in [0.3, 0.4) is 0 Å². The second-order valence-electron chi connectivity index (χ2n) is 8.78. The molecule has 1 heterocycles. The zero-order chi connectivity index (χ0) is 27.4. The predicted octanol–water partition coefficient (Wildman–Crippen LogP) is 5.49. The lowest BCUT2D eigenvalue weighted by Gasteiger charge is -2.15. The minimum Gasteiger partial charge on any atom is -0.354 e. The lowest BCUT2D eigenvalue weighted by Crippen LogP contribution is -2.35. The van der Waals surface area contributed by atoms with Crippen molar-refractivity contribution >= 4 is 17.5 Å². The van der Waals surface area contributed by atoms with Crippen LogP contribution in [0.5, 0.6) is 0 Å². The van der Waals surface area contributed by atoms with Gasteiger partial charge in [-0.3, -0.25) is 9.36 Å². The lowest BCUT2D eigenvalue weighted by molar-refractivity contribution is -0.137. The summed E-state index contributed by atoms with van der Waals surface area (Å²) >= 11 is 5.98. The van der Waals surface area contributed by atoms with Gasteiger partial charge in [0.1, 0.15) is 12.4 Å². The Balaban J connectivity index is 1.53. The van der Waals surface area contributed by atoms with Crippen LogP contribution in [0.1, 0.15) is 29.5 Å². The van der Waals surface area contributed by atoms with Crippen molar-refractivity contribution in [2.75, 3.05) is 6.54 Å². The first kappa shape index (κ1) is 27.1. The Hall–Kier alpha value is -3.92. The van der Waals surface area contributed by atoms with E-state index in [0.717, 1.165) is 16.8 Å². The SMILES string of the molecule is CC(CNC(=O)Cn1nc(-c2ccc(Cl)cc2)n(Cc2ccccc2F)c1=O)c1cccc(C(F)(F)F)c1. The highest BCUT2D eigenvalue weighted by Crippen LogP contribution is 2.31. The molecule has 0 aliphatic rings. The summed E-state index contributed by atoms with van der Waals surface area (Å²) < 4.78 is 55.6. The first-order chi connectivity index (χ1) is 18.0. The van der Waals surface area contributed by atoms with E-state index in [1.807, 2.05) is 0 Å². The summed E-state index contributed by atoms with van der Waals surface area (Å²) in [5.41, 5.74) is -0.172. The van der Waals surface area contributed by atoms with E-state index in [-0.39, 0.29) is 24.5 Å². The van der Waals surface area contributed by atoms with Gasteiger partial charge in [0.15, 0.2) is 5.82 Å². The molecule has 1 aromatic heterocycles. The standard InChI is InChI=1S/C27H23ClF4N4O2/c1-17(19-6-4-7-21(13-19)27(30,31)32)14-33-24(37)16-36-26(38)35(15-20-5-2-3-8-23(20)29)25(34-36)18-9-11-22(28)12-10-18/h2-13,17H,14-16H2,1H3,(H,33,37). The van der Waals surface area contributed by atoms with Crippen molar-refractivity contribution in [2.45, 2.75) is 32.1 Å². The molecule has 4 aromatic rings. The molecule has 1 amide bonds. The number of rotatable bonds is 8. The van der Waals surface area contributed by atoms with Crippen LogP contribution in [0.15, 0.2) is 77.6 Å². The van der Waals surface area contributed by atoms with Crippen LogP contribution in [0.4, 0.5) is 17.6 Å². The number of hydrogen-bond donors (Lipinski definition) is 1. The fourth-order valence-electron chi connectivity index (χ4n) is 3.89. The maximum absolute atomic E-state index is 14.3. The van der Waals surface area contributed by atoms with Crippen LogP contribution in [0.2, 0.25) is 5.02 Å². The molecule has 3 aromatic carbocycles. The van der Waals surface area contributed by atoms with Gasteiger partial charge in [-0.05, 0) is 47.9 Å². The summed E-state index contributed by atoms with van der Waals surface area (Å²) in [7, 11) is 0. The summed E-state index contributed by atoms with van der Waals surface area (Å²) in [4.78, 5) is 25.9. The normalized spacial score (nSPS) is 12.4. The minimum absolute atomic E-state index is 0.0505. The van der Waals surface area contributed by atoms with Crippen LogP contribution < -0.4 is 11.0 Å². The fourth-order valence-corrected chi connectivity index (χ4v) is 4.02. The average molecular weight is 547 g/mol. The molecule has 0 fully saturated rings. The Labute approximate surface area is 220 Å². The van der Waals surface area contributed by atoms with E-state index in [9.17, 15) is 27.2 Å². The fraction of sp³-hybridized carbons (Fsp3) is 0.222. The lowest BCUT2D eigenvalue weighted by atomic mass is 9.99. The molecular formula is C27H23ClF4N4O2. The van der Waals surface area contributed by atoms with Crippen molar-refractivity contribution in [3.05, 3.63) is 111 Å². The summed E-state index contributed by atoms with van der Waals surface area (Å²) in [5, 5.41) is 7.44. The van der Waals surface area contributed by atoms with Crippen LogP contribution in [-0.2, 0) is 24.1 Å². The van der Waals surface area contributed by atoms with Gasteiger partial charge < -0.3 is 5.32 Å². The minimum atomic E-state index is -4.47. The van der Waals surface area contributed by atoms with Crippen molar-refractivity contribution < 1.29 is 22.4 Å². The number of carbonyl (C=O) groups excluding carboxylic acids is 1. The topological polar surface area (TPSA) is 68.9 Å². The van der Waals surface area contributed by atoms with Gasteiger partial charge in [0.05, 0.1) is 12.1 Å². The molecule has 1 N–H and O–H groups in total. The third kappa shape index (κ3) is 6.31. The number of alkyl halides is 3. The van der Waals surface area contributed by atoms with Gasteiger partial charge in [-0.15, -0.1) is 5.10 Å². The summed E-state index contributed by atoms with van der Waals surface area (Å²) in [6, 6.07) is 17.5. The van der Waals surface area contributed by atoms with Crippen LogP contribution in [0.25, 0.3) is 11.4 Å². The molecule has 198 valence electrons. The number of nitrogens with zero attached hydrogens (tertiary/aromatic N) is 3. The van der Waals surface area contributed by atoms with Crippen molar-refractivity contribution in [1.82, 2.24) is 19.7 Å². The van der Waals surface area contributed by atoms with E-state index < -0.39 is 41.6 Å². The highest BCUT2D eigenvalue weighted by atomic mass is 35.5. The zero-order valence-electron chi connectivity index (χ0n) is 20.2. The predicted molar refractivity (Wildman–Crippen MR) is 135 cm³/mol. The highest BCUT2D eigenvalue weighted by Gasteiger charge is 2.30. The van der Waals surface area contributed by atoms with E-state index >= 15 is 0 Å². The van der Waals surface area contributed by atoms with Crippen molar-refractivity contribution in [3.8, 4) is 11.4 Å². The van der Waals surface area contributed by atoms with Gasteiger partial charge in [0.25, 0.3) is 0 Å². The van der Waals surface area contributed by atoms with Crippen LogP contribution in [-0.4, -0.2) is 26.8 Å². The highest BCUT2D eigenvalue weighted by molar-refractivity contribution is 6.30. The van der Waals surface area contributed by atoms with Crippen LogP contribution in [0, 0.1) is 5.82 Å². The maximum atomic E-state index is 14.3. The van der Waals surface area contributed by atoms with Gasteiger partial charge in [0.2, 0.25) is 5.91 Å². The Morgan fingerprint density at radius 1 is 1.05 bits per heavy atom. The van der Waals surface area contributed by atoms with Gasteiger partial charge in [-0.1, -0.05) is 54.9 Å². The molecule has 0 spiro atoms. The van der Waals surface area contributed by atoms with Crippen molar-refractivity contribution in [3.63, 3.8) is 0 Å². The Bertz CT molecular complexity index is 1500. The Morgan fingerprint density at radius 2 is 1.76 bits per heavy atom. The van der Waals surface area contributed by atoms with Crippen LogP contribution >= 0.6 is 11.6 Å². The van der Waals surface area contributed by atoms with Gasteiger partial charge in [0, 0.05) is 22.7 Å². The molecule has 0 saturated carbocycles. The largest absolute Gasteiger partial charge is 0.416 e. The molecule has 1 atom stereocenters. The van der Waals surface area contributed by atoms with Gasteiger partial charge in [-0.2, -0.15) is 13.2 Å². The maximum Gasteiger partial charge on any atom is 0.416 e. The van der Waals surface area contributed by atoms with E-state index in [1.54, 1.807) is 49.4 Å². The summed E-state index contributed by atoms with van der Waals surface area (Å²) in [6.07, 6.45) is -4.47. The summed E-state index contributed by atoms with van der Waals surface area (Å²) in [6.45, 7) is 1.19. The second kappa shape index (κ2) is 11.2. The summed E-state index contributed by atoms with van der Waals surface area (Å²) in [5.74, 6) is -1.24. The molecule has 0 saturated heterocycles. The number of hydrogen-bond acceptors (Lipinski definition) is 3. The molecule has 0 aliphatic heterocycles. The molecule has 0 bridgehead atoms. The number of amides is 1. The van der Waals surface area contributed by atoms with Crippen molar-refractivity contribution in [1.29, 1.82) is 0 Å². The number of nitrogens with one attached hydrogen (secondary N) is 1. The number of halogens is 5. The van der Waals surface area contributed by atoms with E-state index in [2.05, 4.69) is 10.4 Å². The van der Waals surface area contributed by atoms with E-state index in [0.29, 0.717) is 16.1 Å². The number of carbonyl (C=O) groups is 1. The quantitative estimate of drug-likeness (QED) is 0.297. The van der Waals surface area contributed by atoms with E-state index in [1.165, 1.54) is 22.8 Å². The van der Waals surface area contributed by atoms with E-state index in [4.69, 9.17) is 11.6 Å². The molecule has 11 heteroatoms. The zero-order valence-corrected chi connectivity index (χ0v) is 20.9. The smallest absolute Gasteiger partial charge is 0.354 e. The molecule has 6 nitrogen and oxygen atoms in total. The number of benzene rings is 3. The molecule has 4 rings (SSSR count). The molecular weight excluding hydrogens is 524 g/mol. The molecule has 0 radical (unpaired) electrons. The molecule has 38 heavy (non-hydrogen) atoms. The third-order valence-electron chi connectivity index (χ3n) is 5.99. The van der Waals surface area contributed by atoms with Gasteiger partial charge >= 0.3 is 11.9 Å². The molecule has 0 aliphatic carbocycles. The monoisotopic (exact) mass is 546 g/mol. The Morgan fingerprint density at radius 3 is 2.45 bits per heavy atom.